The number of aromatic nitrogens is 1. The van der Waals surface area contributed by atoms with Crippen LogP contribution in [0, 0.1) is 0 Å². The first-order valence-corrected chi connectivity index (χ1v) is 11.2. The fourth-order valence-electron chi connectivity index (χ4n) is 3.16. The quantitative estimate of drug-likeness (QED) is 0.710. The zero-order chi connectivity index (χ0) is 20.1. The number of hydrogen-bond donors (Lipinski definition) is 0. The van der Waals surface area contributed by atoms with Crippen LogP contribution in [0.1, 0.15) is 5.56 Å². The molecule has 3 rings (SSSR count). The molecule has 1 fully saturated rings. The number of benzene rings is 1. The summed E-state index contributed by atoms with van der Waals surface area (Å²) < 4.78 is 25.5. The van der Waals surface area contributed by atoms with Crippen LogP contribution < -0.4 is 4.31 Å². The predicted octanol–water partition coefficient (Wildman–Crippen LogP) is 1.85. The minimum Gasteiger partial charge on any atom is -0.339 e. The van der Waals surface area contributed by atoms with E-state index < -0.39 is 10.0 Å². The van der Waals surface area contributed by atoms with Crippen LogP contribution in [-0.4, -0.2) is 68.1 Å². The molecule has 0 aliphatic carbocycles. The number of anilines is 1. The van der Waals surface area contributed by atoms with Crippen LogP contribution in [0.25, 0.3) is 0 Å². The van der Waals surface area contributed by atoms with Crippen LogP contribution >= 0.6 is 11.6 Å². The highest BCUT2D eigenvalue weighted by molar-refractivity contribution is 7.92. The van der Waals surface area contributed by atoms with Crippen LogP contribution in [0.5, 0.6) is 0 Å². The zero-order valence-electron chi connectivity index (χ0n) is 15.7. The smallest absolute Gasteiger partial charge is 0.243 e. The number of halogens is 1. The Hall–Kier alpha value is -2.16. The number of rotatable bonds is 6. The van der Waals surface area contributed by atoms with Gasteiger partial charge in [0, 0.05) is 50.1 Å². The summed E-state index contributed by atoms with van der Waals surface area (Å²) in [7, 11) is -3.61. The first-order valence-electron chi connectivity index (χ1n) is 8.95. The van der Waals surface area contributed by atoms with Crippen molar-refractivity contribution in [3.63, 3.8) is 0 Å². The Morgan fingerprint density at radius 1 is 1.14 bits per heavy atom. The maximum atomic E-state index is 12.7. The van der Waals surface area contributed by atoms with Crippen molar-refractivity contribution < 1.29 is 13.2 Å². The molecule has 2 aromatic rings. The molecular weight excluding hydrogens is 400 g/mol. The molecule has 7 nitrogen and oxygen atoms in total. The number of amides is 1. The van der Waals surface area contributed by atoms with Gasteiger partial charge in [0.05, 0.1) is 11.9 Å². The zero-order valence-corrected chi connectivity index (χ0v) is 17.2. The first-order chi connectivity index (χ1) is 13.3. The second-order valence-electron chi connectivity index (χ2n) is 6.76. The molecular formula is C19H23ClN4O3S. The van der Waals surface area contributed by atoms with E-state index in [1.807, 2.05) is 12.1 Å². The SMILES string of the molecule is CS(=O)(=O)N(CC(=O)N1CCN(Cc2ccncc2)CC1)c1cccc(Cl)c1. The molecule has 0 bridgehead atoms. The molecule has 0 atom stereocenters. The summed E-state index contributed by atoms with van der Waals surface area (Å²) in [4.78, 5) is 20.7. The van der Waals surface area contributed by atoms with Crippen molar-refractivity contribution in [3.05, 3.63) is 59.4 Å². The maximum absolute atomic E-state index is 12.7. The van der Waals surface area contributed by atoms with Gasteiger partial charge < -0.3 is 4.90 Å². The number of pyridine rings is 1. The minimum absolute atomic E-state index is 0.214. The molecule has 1 aromatic carbocycles. The summed E-state index contributed by atoms with van der Waals surface area (Å²) in [5, 5.41) is 0.420. The standard InChI is InChI=1S/C19H23ClN4O3S/c1-28(26,27)24(18-4-2-3-17(20)13-18)15-19(25)23-11-9-22(10-12-23)14-16-5-7-21-8-6-16/h2-8,13H,9-12,14-15H2,1H3. The second-order valence-corrected chi connectivity index (χ2v) is 9.11. The van der Waals surface area contributed by atoms with Crippen molar-refractivity contribution in [3.8, 4) is 0 Å². The molecule has 1 amide bonds. The molecule has 1 aromatic heterocycles. The summed E-state index contributed by atoms with van der Waals surface area (Å²) in [6.45, 7) is 3.19. The molecule has 2 heterocycles. The van der Waals surface area contributed by atoms with Crippen LogP contribution in [-0.2, 0) is 21.4 Å². The fourth-order valence-corrected chi connectivity index (χ4v) is 4.18. The maximum Gasteiger partial charge on any atom is 0.243 e. The van der Waals surface area contributed by atoms with Gasteiger partial charge >= 0.3 is 0 Å². The Labute approximate surface area is 170 Å². The number of nitrogens with zero attached hydrogens (tertiary/aromatic N) is 4. The molecule has 1 aliphatic rings. The second kappa shape index (κ2) is 8.89. The van der Waals surface area contributed by atoms with Crippen LogP contribution in [0.2, 0.25) is 5.02 Å². The lowest BCUT2D eigenvalue weighted by Crippen LogP contribution is -2.51. The predicted molar refractivity (Wildman–Crippen MR) is 110 cm³/mol. The van der Waals surface area contributed by atoms with Crippen molar-refractivity contribution in [2.24, 2.45) is 0 Å². The lowest BCUT2D eigenvalue weighted by Gasteiger charge is -2.35. The molecule has 9 heteroatoms. The highest BCUT2D eigenvalue weighted by Gasteiger charge is 2.26. The van der Waals surface area contributed by atoms with Gasteiger partial charge in [-0.25, -0.2) is 8.42 Å². The first kappa shape index (κ1) is 20.6. The van der Waals surface area contributed by atoms with Crippen LogP contribution in [0.3, 0.4) is 0 Å². The molecule has 0 unspecified atom stereocenters. The van der Waals surface area contributed by atoms with Gasteiger partial charge in [0.2, 0.25) is 15.9 Å². The van der Waals surface area contributed by atoms with Gasteiger partial charge in [-0.05, 0) is 35.9 Å². The summed E-state index contributed by atoms with van der Waals surface area (Å²) in [5.74, 6) is -0.214. The number of piperazine rings is 1. The van der Waals surface area contributed by atoms with E-state index in [9.17, 15) is 13.2 Å². The third kappa shape index (κ3) is 5.43. The molecule has 28 heavy (non-hydrogen) atoms. The Morgan fingerprint density at radius 2 is 1.82 bits per heavy atom. The molecule has 150 valence electrons. The van der Waals surface area contributed by atoms with E-state index in [-0.39, 0.29) is 12.5 Å². The largest absolute Gasteiger partial charge is 0.339 e. The van der Waals surface area contributed by atoms with Gasteiger partial charge in [-0.3, -0.25) is 19.0 Å². The molecule has 0 saturated carbocycles. The lowest BCUT2D eigenvalue weighted by atomic mass is 10.2. The normalized spacial score (nSPS) is 15.4. The van der Waals surface area contributed by atoms with Crippen LogP contribution in [0.4, 0.5) is 5.69 Å². The minimum atomic E-state index is -3.61. The monoisotopic (exact) mass is 422 g/mol. The van der Waals surface area contributed by atoms with Gasteiger partial charge in [0.15, 0.2) is 0 Å². The number of hydrogen-bond acceptors (Lipinski definition) is 5. The number of sulfonamides is 1. The van der Waals surface area contributed by atoms with Gasteiger partial charge in [-0.2, -0.15) is 0 Å². The van der Waals surface area contributed by atoms with Crippen molar-refractivity contribution >= 4 is 33.2 Å². The van der Waals surface area contributed by atoms with E-state index in [4.69, 9.17) is 11.6 Å². The summed E-state index contributed by atoms with van der Waals surface area (Å²) >= 11 is 5.98. The number of carbonyl (C=O) groups is 1. The van der Waals surface area contributed by atoms with Gasteiger partial charge in [0.1, 0.15) is 6.54 Å². The molecule has 1 saturated heterocycles. The highest BCUT2D eigenvalue weighted by atomic mass is 35.5. The third-order valence-corrected chi connectivity index (χ3v) is 6.03. The van der Waals surface area contributed by atoms with Crippen LogP contribution in [0.15, 0.2) is 48.8 Å². The molecule has 0 radical (unpaired) electrons. The third-order valence-electron chi connectivity index (χ3n) is 4.66. The summed E-state index contributed by atoms with van der Waals surface area (Å²) in [6.07, 6.45) is 4.63. The van der Waals surface area contributed by atoms with E-state index in [2.05, 4.69) is 9.88 Å². The lowest BCUT2D eigenvalue weighted by molar-refractivity contribution is -0.131. The topological polar surface area (TPSA) is 73.8 Å². The highest BCUT2D eigenvalue weighted by Crippen LogP contribution is 2.22. The van der Waals surface area contributed by atoms with Gasteiger partial charge in [0.25, 0.3) is 0 Å². The Bertz CT molecular complexity index is 916. The fraction of sp³-hybridized carbons (Fsp3) is 0.368. The Kier molecular flexibility index (Phi) is 6.53. The Morgan fingerprint density at radius 3 is 2.43 bits per heavy atom. The number of carbonyl (C=O) groups excluding carboxylic acids is 1. The van der Waals surface area contributed by atoms with E-state index in [1.54, 1.807) is 41.6 Å². The van der Waals surface area contributed by atoms with Crippen molar-refractivity contribution in [2.75, 3.05) is 43.3 Å². The van der Waals surface area contributed by atoms with Gasteiger partial charge in [-0.15, -0.1) is 0 Å². The molecule has 1 aliphatic heterocycles. The average Bonchev–Trinajstić information content (AvgIpc) is 2.66. The average molecular weight is 423 g/mol. The molecule has 0 spiro atoms. The van der Waals surface area contributed by atoms with Crippen molar-refractivity contribution in [1.29, 1.82) is 0 Å². The Balaban J connectivity index is 1.61. The van der Waals surface area contributed by atoms with E-state index in [1.165, 1.54) is 5.56 Å². The summed E-state index contributed by atoms with van der Waals surface area (Å²) in [5.41, 5.74) is 1.57. The summed E-state index contributed by atoms with van der Waals surface area (Å²) in [6, 6.07) is 10.5. The van der Waals surface area contributed by atoms with E-state index in [0.29, 0.717) is 23.8 Å². The van der Waals surface area contributed by atoms with Crippen molar-refractivity contribution in [2.45, 2.75) is 6.54 Å². The van der Waals surface area contributed by atoms with Gasteiger partial charge in [-0.1, -0.05) is 17.7 Å². The van der Waals surface area contributed by atoms with E-state index in [0.717, 1.165) is 30.2 Å². The molecule has 0 N–H and O–H groups in total. The van der Waals surface area contributed by atoms with Crippen molar-refractivity contribution in [1.82, 2.24) is 14.8 Å². The van der Waals surface area contributed by atoms with E-state index >= 15 is 0 Å².